The van der Waals surface area contributed by atoms with Crippen LogP contribution < -0.4 is 11.1 Å². The number of nitrogens with one attached hydrogen (secondary N) is 1. The molecular weight excluding hydrogens is 207 g/mol. The molecule has 0 spiro atoms. The number of hydrogen-bond acceptors (Lipinski definition) is 2. The zero-order valence-corrected chi connectivity index (χ0v) is 9.37. The number of hydrogen-bond donors (Lipinski definition) is 2. The van der Waals surface area contributed by atoms with Crippen LogP contribution in [0.4, 0.5) is 4.39 Å². The van der Waals surface area contributed by atoms with Crippen LogP contribution in [-0.4, -0.2) is 18.5 Å². The van der Waals surface area contributed by atoms with Crippen LogP contribution >= 0.6 is 0 Å². The first-order valence-corrected chi connectivity index (χ1v) is 5.43. The predicted octanol–water partition coefficient (Wildman–Crippen LogP) is 1.68. The van der Waals surface area contributed by atoms with E-state index in [1.54, 1.807) is 12.1 Å². The molecule has 0 aliphatic rings. The van der Waals surface area contributed by atoms with E-state index in [1.165, 1.54) is 12.1 Å². The largest absolute Gasteiger partial charge is 0.352 e. The van der Waals surface area contributed by atoms with E-state index in [9.17, 15) is 9.18 Å². The highest BCUT2D eigenvalue weighted by atomic mass is 19.1. The van der Waals surface area contributed by atoms with Crippen molar-refractivity contribution in [1.29, 1.82) is 0 Å². The summed E-state index contributed by atoms with van der Waals surface area (Å²) in [6.45, 7) is 2.46. The third-order valence-corrected chi connectivity index (χ3v) is 2.44. The molecule has 3 N–H and O–H groups in total. The van der Waals surface area contributed by atoms with Gasteiger partial charge < -0.3 is 11.1 Å². The molecule has 0 aliphatic carbocycles. The second-order valence-corrected chi connectivity index (χ2v) is 3.69. The summed E-state index contributed by atoms with van der Waals surface area (Å²) in [6.07, 6.45) is 1.58. The molecule has 4 heteroatoms. The van der Waals surface area contributed by atoms with Crippen molar-refractivity contribution < 1.29 is 9.18 Å². The minimum absolute atomic E-state index is 0.0765. The van der Waals surface area contributed by atoms with Gasteiger partial charge in [-0.15, -0.1) is 0 Å². The van der Waals surface area contributed by atoms with Gasteiger partial charge in [0, 0.05) is 12.6 Å². The normalized spacial score (nSPS) is 12.2. The number of halogens is 1. The van der Waals surface area contributed by atoms with Gasteiger partial charge in [-0.3, -0.25) is 4.79 Å². The number of benzene rings is 1. The van der Waals surface area contributed by atoms with E-state index < -0.39 is 5.82 Å². The molecule has 1 rings (SSSR count). The molecule has 0 fully saturated rings. The molecule has 88 valence electrons. The zero-order chi connectivity index (χ0) is 12.0. The Morgan fingerprint density at radius 3 is 2.81 bits per heavy atom. The highest BCUT2D eigenvalue weighted by Gasteiger charge is 2.10. The lowest BCUT2D eigenvalue weighted by atomic mass is 10.1. The highest BCUT2D eigenvalue weighted by Crippen LogP contribution is 2.05. The maximum absolute atomic E-state index is 13.2. The SMILES string of the molecule is CCC(N)CCNC(=O)c1ccccc1F. The van der Waals surface area contributed by atoms with Gasteiger partial charge in [0.15, 0.2) is 0 Å². The molecular formula is C12H17FN2O. The molecule has 0 saturated carbocycles. The Morgan fingerprint density at radius 2 is 2.19 bits per heavy atom. The van der Waals surface area contributed by atoms with Gasteiger partial charge in [0.2, 0.25) is 0 Å². The van der Waals surface area contributed by atoms with Crippen molar-refractivity contribution in [2.45, 2.75) is 25.8 Å². The van der Waals surface area contributed by atoms with E-state index >= 15 is 0 Å². The Balaban J connectivity index is 2.44. The second kappa shape index (κ2) is 6.23. The molecule has 1 unspecified atom stereocenters. The van der Waals surface area contributed by atoms with Gasteiger partial charge in [-0.05, 0) is 25.0 Å². The van der Waals surface area contributed by atoms with Crippen LogP contribution in [0.15, 0.2) is 24.3 Å². The minimum Gasteiger partial charge on any atom is -0.352 e. The van der Waals surface area contributed by atoms with E-state index in [2.05, 4.69) is 5.32 Å². The Hall–Kier alpha value is -1.42. The summed E-state index contributed by atoms with van der Waals surface area (Å²) in [5.74, 6) is -0.888. The topological polar surface area (TPSA) is 55.1 Å². The van der Waals surface area contributed by atoms with Gasteiger partial charge in [0.1, 0.15) is 5.82 Å². The predicted molar refractivity (Wildman–Crippen MR) is 61.6 cm³/mol. The number of carbonyl (C=O) groups is 1. The Labute approximate surface area is 94.8 Å². The van der Waals surface area contributed by atoms with Crippen LogP contribution in [0.1, 0.15) is 30.1 Å². The monoisotopic (exact) mass is 224 g/mol. The summed E-state index contributed by atoms with van der Waals surface area (Å²) in [4.78, 5) is 11.5. The number of nitrogens with two attached hydrogens (primary N) is 1. The van der Waals surface area contributed by atoms with Gasteiger partial charge in [-0.1, -0.05) is 19.1 Å². The van der Waals surface area contributed by atoms with Crippen molar-refractivity contribution in [3.8, 4) is 0 Å². The first kappa shape index (κ1) is 12.6. The molecule has 1 aromatic carbocycles. The highest BCUT2D eigenvalue weighted by molar-refractivity contribution is 5.94. The molecule has 0 bridgehead atoms. The second-order valence-electron chi connectivity index (χ2n) is 3.69. The summed E-state index contributed by atoms with van der Waals surface area (Å²) in [7, 11) is 0. The molecule has 16 heavy (non-hydrogen) atoms. The van der Waals surface area contributed by atoms with Crippen LogP contribution in [0.25, 0.3) is 0 Å². The van der Waals surface area contributed by atoms with Crippen molar-refractivity contribution in [3.63, 3.8) is 0 Å². The van der Waals surface area contributed by atoms with Crippen molar-refractivity contribution in [1.82, 2.24) is 5.32 Å². The standard InChI is InChI=1S/C12H17FN2O/c1-2-9(14)7-8-15-12(16)10-5-3-4-6-11(10)13/h3-6,9H,2,7-8,14H2,1H3,(H,15,16). The minimum atomic E-state index is -0.500. The van der Waals surface area contributed by atoms with Gasteiger partial charge in [-0.2, -0.15) is 0 Å². The van der Waals surface area contributed by atoms with E-state index in [0.717, 1.165) is 6.42 Å². The summed E-state index contributed by atoms with van der Waals surface area (Å²) < 4.78 is 13.2. The van der Waals surface area contributed by atoms with Gasteiger partial charge in [-0.25, -0.2) is 4.39 Å². The molecule has 0 saturated heterocycles. The fourth-order valence-electron chi connectivity index (χ4n) is 1.32. The van der Waals surface area contributed by atoms with Crippen molar-refractivity contribution in [2.75, 3.05) is 6.54 Å². The lowest BCUT2D eigenvalue weighted by Gasteiger charge is -2.09. The molecule has 1 amide bonds. The third kappa shape index (κ3) is 3.62. The fraction of sp³-hybridized carbons (Fsp3) is 0.417. The number of carbonyl (C=O) groups excluding carboxylic acids is 1. The average molecular weight is 224 g/mol. The third-order valence-electron chi connectivity index (χ3n) is 2.44. The maximum atomic E-state index is 13.2. The van der Waals surface area contributed by atoms with E-state index in [4.69, 9.17) is 5.73 Å². The van der Waals surface area contributed by atoms with Crippen molar-refractivity contribution >= 4 is 5.91 Å². The zero-order valence-electron chi connectivity index (χ0n) is 9.37. The summed E-state index contributed by atoms with van der Waals surface area (Å²) >= 11 is 0. The van der Waals surface area contributed by atoms with Crippen molar-refractivity contribution in [2.24, 2.45) is 5.73 Å². The fourth-order valence-corrected chi connectivity index (χ4v) is 1.32. The summed E-state index contributed by atoms with van der Waals surface area (Å²) in [5.41, 5.74) is 5.78. The van der Waals surface area contributed by atoms with Crippen molar-refractivity contribution in [3.05, 3.63) is 35.6 Å². The average Bonchev–Trinajstić information content (AvgIpc) is 2.29. The Bertz CT molecular complexity index is 355. The molecule has 0 radical (unpaired) electrons. The number of rotatable bonds is 5. The lowest BCUT2D eigenvalue weighted by Crippen LogP contribution is -2.30. The molecule has 3 nitrogen and oxygen atoms in total. The molecule has 1 aromatic rings. The Morgan fingerprint density at radius 1 is 1.50 bits per heavy atom. The van der Waals surface area contributed by atoms with E-state index in [0.29, 0.717) is 13.0 Å². The first-order valence-electron chi connectivity index (χ1n) is 5.43. The Kier molecular flexibility index (Phi) is 4.92. The molecule has 1 atom stereocenters. The van der Waals surface area contributed by atoms with E-state index in [-0.39, 0.29) is 17.5 Å². The van der Waals surface area contributed by atoms with Crippen LogP contribution in [0.2, 0.25) is 0 Å². The van der Waals surface area contributed by atoms with Gasteiger partial charge in [0.25, 0.3) is 5.91 Å². The molecule has 0 aromatic heterocycles. The maximum Gasteiger partial charge on any atom is 0.254 e. The lowest BCUT2D eigenvalue weighted by molar-refractivity contribution is 0.0948. The molecule has 0 heterocycles. The van der Waals surface area contributed by atoms with Crippen LogP contribution in [0.5, 0.6) is 0 Å². The number of amides is 1. The summed E-state index contributed by atoms with van der Waals surface area (Å²) in [5, 5.41) is 2.65. The van der Waals surface area contributed by atoms with Gasteiger partial charge in [0.05, 0.1) is 5.56 Å². The van der Waals surface area contributed by atoms with Crippen LogP contribution in [0.3, 0.4) is 0 Å². The van der Waals surface area contributed by atoms with E-state index in [1.807, 2.05) is 6.92 Å². The summed E-state index contributed by atoms with van der Waals surface area (Å²) in [6, 6.07) is 6.01. The molecule has 0 aliphatic heterocycles. The first-order chi connectivity index (χ1) is 7.65. The van der Waals surface area contributed by atoms with Crippen LogP contribution in [-0.2, 0) is 0 Å². The smallest absolute Gasteiger partial charge is 0.254 e. The van der Waals surface area contributed by atoms with Crippen LogP contribution in [0, 0.1) is 5.82 Å². The quantitative estimate of drug-likeness (QED) is 0.799. The van der Waals surface area contributed by atoms with Gasteiger partial charge >= 0.3 is 0 Å².